The van der Waals surface area contributed by atoms with E-state index >= 15 is 0 Å². The van der Waals surface area contributed by atoms with Gasteiger partial charge in [0.15, 0.2) is 0 Å². The number of benzene rings is 2. The molecule has 0 radical (unpaired) electrons. The average Bonchev–Trinajstić information content (AvgIpc) is 2.56. The van der Waals surface area contributed by atoms with Crippen LogP contribution in [0.15, 0.2) is 54.6 Å². The van der Waals surface area contributed by atoms with Gasteiger partial charge in [-0.25, -0.2) is 13.2 Å². The maximum Gasteiger partial charge on any atom is 0.323 e. The van der Waals surface area contributed by atoms with Gasteiger partial charge in [-0.1, -0.05) is 18.2 Å². The maximum atomic E-state index is 11.9. The summed E-state index contributed by atoms with van der Waals surface area (Å²) in [6.45, 7) is -0.279. The fourth-order valence-corrected chi connectivity index (χ4v) is 2.32. The number of hydrogen-bond acceptors (Lipinski definition) is 4. The Morgan fingerprint density at radius 1 is 0.846 bits per heavy atom. The molecule has 0 spiro atoms. The van der Waals surface area contributed by atoms with E-state index in [1.54, 1.807) is 36.4 Å². The lowest BCUT2D eigenvalue weighted by Gasteiger charge is -2.14. The highest BCUT2D eigenvalue weighted by Crippen LogP contribution is 2.14. The number of para-hydroxylation sites is 1. The van der Waals surface area contributed by atoms with Gasteiger partial charge >= 0.3 is 6.03 Å². The van der Waals surface area contributed by atoms with Crippen molar-refractivity contribution in [3.05, 3.63) is 54.6 Å². The third-order valence-corrected chi connectivity index (χ3v) is 4.65. The van der Waals surface area contributed by atoms with Gasteiger partial charge in [0.1, 0.15) is 0 Å². The minimum absolute atomic E-state index is 0.279. The van der Waals surface area contributed by atoms with E-state index in [-0.39, 0.29) is 12.6 Å². The third-order valence-electron chi connectivity index (χ3n) is 3.39. The lowest BCUT2D eigenvalue weighted by Crippen LogP contribution is -2.34. The van der Waals surface area contributed by atoms with Crippen molar-refractivity contribution in [1.29, 1.82) is 0 Å². The molecule has 9 heteroatoms. The number of rotatable bonds is 6. The van der Waals surface area contributed by atoms with Crippen LogP contribution >= 0.6 is 0 Å². The van der Waals surface area contributed by atoms with Crippen LogP contribution in [0.5, 0.6) is 0 Å². The Kier molecular flexibility index (Phi) is 6.31. The Hall–Kier alpha value is -2.91. The van der Waals surface area contributed by atoms with Crippen LogP contribution < -0.4 is 16.0 Å². The fraction of sp³-hybridized carbons (Fsp3) is 0.176. The lowest BCUT2D eigenvalue weighted by molar-refractivity contribution is -0.116. The molecule has 0 saturated carbocycles. The molecule has 0 heterocycles. The van der Waals surface area contributed by atoms with Crippen molar-refractivity contribution in [2.45, 2.75) is 0 Å². The van der Waals surface area contributed by atoms with Crippen LogP contribution in [0.4, 0.5) is 21.9 Å². The van der Waals surface area contributed by atoms with Crippen molar-refractivity contribution in [3.8, 4) is 0 Å². The molecule has 26 heavy (non-hydrogen) atoms. The summed E-state index contributed by atoms with van der Waals surface area (Å²) >= 11 is 0. The zero-order valence-electron chi connectivity index (χ0n) is 14.4. The quantitative estimate of drug-likeness (QED) is 0.718. The minimum atomic E-state index is -3.42. The summed E-state index contributed by atoms with van der Waals surface area (Å²) in [7, 11) is -2.09. The van der Waals surface area contributed by atoms with E-state index in [9.17, 15) is 18.0 Å². The van der Waals surface area contributed by atoms with Crippen LogP contribution in [0.2, 0.25) is 0 Å². The van der Waals surface area contributed by atoms with Crippen molar-refractivity contribution >= 4 is 39.0 Å². The summed E-state index contributed by atoms with van der Waals surface area (Å²) in [5, 5.41) is 7.96. The zero-order chi connectivity index (χ0) is 19.2. The molecular weight excluding hydrogens is 356 g/mol. The van der Waals surface area contributed by atoms with Gasteiger partial charge in [0, 0.05) is 24.1 Å². The molecule has 0 aliphatic carbocycles. The van der Waals surface area contributed by atoms with Gasteiger partial charge in [0.25, 0.3) is 0 Å². The Balaban J connectivity index is 1.87. The monoisotopic (exact) mass is 376 g/mol. The second-order valence-corrected chi connectivity index (χ2v) is 7.68. The molecule has 8 nitrogen and oxygen atoms in total. The van der Waals surface area contributed by atoms with Gasteiger partial charge in [0.05, 0.1) is 12.8 Å². The Labute approximate surface area is 152 Å². The Bertz CT molecular complexity index is 867. The Morgan fingerprint density at radius 3 is 1.81 bits per heavy atom. The summed E-state index contributed by atoms with van der Waals surface area (Å²) in [5.74, 6) is -0.458. The van der Waals surface area contributed by atoms with Crippen molar-refractivity contribution in [1.82, 2.24) is 4.31 Å². The number of nitrogens with zero attached hydrogens (tertiary/aromatic N) is 1. The number of urea groups is 1. The average molecular weight is 376 g/mol. The van der Waals surface area contributed by atoms with Gasteiger partial charge in [-0.15, -0.1) is 0 Å². The highest BCUT2D eigenvalue weighted by Gasteiger charge is 2.15. The summed E-state index contributed by atoms with van der Waals surface area (Å²) in [6.07, 6.45) is 1.03. The first kappa shape index (κ1) is 19.4. The number of anilines is 3. The van der Waals surface area contributed by atoms with E-state index in [1.165, 1.54) is 7.05 Å². The van der Waals surface area contributed by atoms with Gasteiger partial charge in [-0.2, -0.15) is 4.31 Å². The minimum Gasteiger partial charge on any atom is -0.325 e. The molecule has 0 saturated heterocycles. The van der Waals surface area contributed by atoms with Crippen LogP contribution in [-0.4, -0.2) is 44.5 Å². The van der Waals surface area contributed by atoms with Gasteiger partial charge in [0.2, 0.25) is 15.9 Å². The molecule has 0 unspecified atom stereocenters. The number of sulfonamides is 1. The van der Waals surface area contributed by atoms with E-state index in [2.05, 4.69) is 16.0 Å². The van der Waals surface area contributed by atoms with Crippen LogP contribution in [0.25, 0.3) is 0 Å². The number of hydrogen-bond donors (Lipinski definition) is 3. The molecule has 0 aliphatic heterocycles. The van der Waals surface area contributed by atoms with Gasteiger partial charge in [-0.3, -0.25) is 4.79 Å². The second kappa shape index (κ2) is 8.45. The number of amides is 3. The first-order chi connectivity index (χ1) is 12.2. The van der Waals surface area contributed by atoms with E-state index in [1.807, 2.05) is 18.2 Å². The van der Waals surface area contributed by atoms with E-state index in [0.29, 0.717) is 17.1 Å². The number of carbonyl (C=O) groups excluding carboxylic acids is 2. The molecular formula is C17H20N4O4S. The fourth-order valence-electron chi connectivity index (χ4n) is 1.97. The van der Waals surface area contributed by atoms with Crippen LogP contribution in [0.3, 0.4) is 0 Å². The summed E-state index contributed by atoms with van der Waals surface area (Å²) in [6, 6.07) is 15.1. The first-order valence-corrected chi connectivity index (χ1v) is 9.53. The summed E-state index contributed by atoms with van der Waals surface area (Å²) in [4.78, 5) is 23.7. The van der Waals surface area contributed by atoms with Crippen LogP contribution in [-0.2, 0) is 14.8 Å². The standard InChI is InChI=1S/C17H20N4O4S/c1-21(26(2,24)25)12-16(22)18-14-8-10-15(11-9-14)20-17(23)19-13-6-4-3-5-7-13/h3-11H,12H2,1-2H3,(H,18,22)(H2,19,20,23). The van der Waals surface area contributed by atoms with E-state index in [0.717, 1.165) is 10.6 Å². The topological polar surface area (TPSA) is 108 Å². The third kappa shape index (κ3) is 6.19. The molecule has 2 aromatic carbocycles. The smallest absolute Gasteiger partial charge is 0.323 e. The SMILES string of the molecule is CN(CC(=O)Nc1ccc(NC(=O)Nc2ccccc2)cc1)S(C)(=O)=O. The maximum absolute atomic E-state index is 11.9. The number of nitrogens with one attached hydrogen (secondary N) is 3. The zero-order valence-corrected chi connectivity index (χ0v) is 15.2. The van der Waals surface area contributed by atoms with Crippen LogP contribution in [0, 0.1) is 0 Å². The van der Waals surface area contributed by atoms with E-state index in [4.69, 9.17) is 0 Å². The molecule has 0 aromatic heterocycles. The molecule has 0 bridgehead atoms. The van der Waals surface area contributed by atoms with Crippen LogP contribution in [0.1, 0.15) is 0 Å². The summed E-state index contributed by atoms with van der Waals surface area (Å²) in [5.41, 5.74) is 1.71. The van der Waals surface area contributed by atoms with Gasteiger partial charge in [-0.05, 0) is 36.4 Å². The predicted octanol–water partition coefficient (Wildman–Crippen LogP) is 2.16. The molecule has 0 fully saturated rings. The molecule has 3 N–H and O–H groups in total. The predicted molar refractivity (Wildman–Crippen MR) is 102 cm³/mol. The lowest BCUT2D eigenvalue weighted by atomic mass is 10.2. The van der Waals surface area contributed by atoms with Crippen molar-refractivity contribution in [3.63, 3.8) is 0 Å². The molecule has 138 valence electrons. The molecule has 0 atom stereocenters. The Morgan fingerprint density at radius 2 is 1.31 bits per heavy atom. The van der Waals surface area contributed by atoms with Crippen molar-refractivity contribution in [2.75, 3.05) is 35.8 Å². The molecule has 2 rings (SSSR count). The largest absolute Gasteiger partial charge is 0.325 e. The number of carbonyl (C=O) groups is 2. The molecule has 0 aliphatic rings. The summed E-state index contributed by atoms with van der Waals surface area (Å²) < 4.78 is 23.5. The van der Waals surface area contributed by atoms with E-state index < -0.39 is 15.9 Å². The molecule has 2 aromatic rings. The highest BCUT2D eigenvalue weighted by molar-refractivity contribution is 7.88. The first-order valence-electron chi connectivity index (χ1n) is 7.68. The number of likely N-dealkylation sites (N-methyl/N-ethyl adjacent to an activating group) is 1. The highest BCUT2D eigenvalue weighted by atomic mass is 32.2. The van der Waals surface area contributed by atoms with Crippen molar-refractivity contribution in [2.24, 2.45) is 0 Å². The van der Waals surface area contributed by atoms with Crippen molar-refractivity contribution < 1.29 is 18.0 Å². The van der Waals surface area contributed by atoms with Gasteiger partial charge < -0.3 is 16.0 Å². The molecule has 3 amide bonds. The normalized spacial score (nSPS) is 11.0. The second-order valence-electron chi connectivity index (χ2n) is 5.59.